The van der Waals surface area contributed by atoms with Gasteiger partial charge in [-0.15, -0.1) is 11.3 Å². The van der Waals surface area contributed by atoms with Gasteiger partial charge in [0.2, 0.25) is 0 Å². The summed E-state index contributed by atoms with van der Waals surface area (Å²) in [5, 5.41) is 2.17. The van der Waals surface area contributed by atoms with Crippen LogP contribution >= 0.6 is 27.3 Å². The van der Waals surface area contributed by atoms with Gasteiger partial charge >= 0.3 is 0 Å². The van der Waals surface area contributed by atoms with Crippen LogP contribution in [0.15, 0.2) is 15.9 Å². The first-order valence-corrected chi connectivity index (χ1v) is 8.11. The maximum Gasteiger partial charge on any atom is 0.0314 e. The van der Waals surface area contributed by atoms with E-state index in [1.807, 2.05) is 11.3 Å². The van der Waals surface area contributed by atoms with Crippen molar-refractivity contribution in [3.63, 3.8) is 0 Å². The first-order chi connectivity index (χ1) is 8.02. The fourth-order valence-electron chi connectivity index (χ4n) is 3.05. The lowest BCUT2D eigenvalue weighted by atomic mass is 9.66. The lowest BCUT2D eigenvalue weighted by Gasteiger charge is -2.40. The van der Waals surface area contributed by atoms with Gasteiger partial charge in [0.05, 0.1) is 0 Å². The summed E-state index contributed by atoms with van der Waals surface area (Å²) in [5.41, 5.74) is 6.44. The van der Waals surface area contributed by atoms with Crippen molar-refractivity contribution in [2.24, 2.45) is 23.0 Å². The number of nitrogens with two attached hydrogens (primary N) is 1. The van der Waals surface area contributed by atoms with E-state index in [-0.39, 0.29) is 0 Å². The fourth-order valence-corrected chi connectivity index (χ4v) is 4.66. The molecule has 0 bridgehead atoms. The standard InChI is InChI=1S/C14H22BrNS/c1-14(2)5-3-10(9-16)11(8-14)7-13-12(15)4-6-17-13/h4,6,10-11H,3,5,7-9,16H2,1-2H3. The van der Waals surface area contributed by atoms with Gasteiger partial charge in [-0.3, -0.25) is 0 Å². The zero-order valence-corrected chi connectivity index (χ0v) is 13.1. The number of halogens is 1. The molecule has 1 aromatic rings. The van der Waals surface area contributed by atoms with Crippen molar-refractivity contribution >= 4 is 27.3 Å². The van der Waals surface area contributed by atoms with Crippen molar-refractivity contribution in [3.05, 3.63) is 20.8 Å². The predicted molar refractivity (Wildman–Crippen MR) is 79.4 cm³/mol. The van der Waals surface area contributed by atoms with Crippen LogP contribution in [0.4, 0.5) is 0 Å². The molecule has 0 saturated heterocycles. The summed E-state index contributed by atoms with van der Waals surface area (Å²) in [6.07, 6.45) is 5.15. The van der Waals surface area contributed by atoms with Crippen LogP contribution in [0.3, 0.4) is 0 Å². The minimum Gasteiger partial charge on any atom is -0.330 e. The van der Waals surface area contributed by atoms with Gasteiger partial charge in [0, 0.05) is 9.35 Å². The van der Waals surface area contributed by atoms with Crippen molar-refractivity contribution in [1.82, 2.24) is 0 Å². The summed E-state index contributed by atoms with van der Waals surface area (Å²) in [5.74, 6) is 1.48. The van der Waals surface area contributed by atoms with Crippen molar-refractivity contribution in [3.8, 4) is 0 Å². The maximum absolute atomic E-state index is 5.94. The van der Waals surface area contributed by atoms with Crippen LogP contribution in [0.2, 0.25) is 0 Å². The monoisotopic (exact) mass is 315 g/mol. The van der Waals surface area contributed by atoms with Crippen LogP contribution in [-0.4, -0.2) is 6.54 Å². The third-order valence-corrected chi connectivity index (χ3v) is 6.06. The topological polar surface area (TPSA) is 26.0 Å². The van der Waals surface area contributed by atoms with Gasteiger partial charge in [0.25, 0.3) is 0 Å². The zero-order chi connectivity index (χ0) is 12.5. The van der Waals surface area contributed by atoms with Crippen molar-refractivity contribution in [1.29, 1.82) is 0 Å². The second kappa shape index (κ2) is 5.41. The Hall–Kier alpha value is 0.140. The molecule has 3 heteroatoms. The molecule has 0 amide bonds. The van der Waals surface area contributed by atoms with Gasteiger partial charge in [-0.25, -0.2) is 0 Å². The zero-order valence-electron chi connectivity index (χ0n) is 10.7. The Morgan fingerprint density at radius 1 is 1.47 bits per heavy atom. The Morgan fingerprint density at radius 2 is 2.24 bits per heavy atom. The molecule has 1 heterocycles. The number of thiophene rings is 1. The van der Waals surface area contributed by atoms with E-state index in [9.17, 15) is 0 Å². The third kappa shape index (κ3) is 3.33. The smallest absolute Gasteiger partial charge is 0.0314 e. The van der Waals surface area contributed by atoms with E-state index in [1.54, 1.807) is 0 Å². The molecule has 0 aromatic carbocycles. The summed E-state index contributed by atoms with van der Waals surface area (Å²) in [6.45, 7) is 5.65. The molecule has 1 saturated carbocycles. The van der Waals surface area contributed by atoms with Crippen LogP contribution in [0.25, 0.3) is 0 Å². The van der Waals surface area contributed by atoms with Crippen LogP contribution in [-0.2, 0) is 6.42 Å². The van der Waals surface area contributed by atoms with Gasteiger partial charge in [0.1, 0.15) is 0 Å². The number of rotatable bonds is 3. The SMILES string of the molecule is CC1(C)CCC(CN)C(Cc2sccc2Br)C1. The first kappa shape index (κ1) is 13.6. The van der Waals surface area contributed by atoms with E-state index in [1.165, 1.54) is 35.0 Å². The van der Waals surface area contributed by atoms with E-state index < -0.39 is 0 Å². The number of hydrogen-bond donors (Lipinski definition) is 1. The van der Waals surface area contributed by atoms with Gasteiger partial charge in [-0.1, -0.05) is 13.8 Å². The second-order valence-electron chi connectivity index (χ2n) is 6.06. The van der Waals surface area contributed by atoms with E-state index >= 15 is 0 Å². The van der Waals surface area contributed by atoms with Crippen LogP contribution in [0.5, 0.6) is 0 Å². The average Bonchev–Trinajstić information content (AvgIpc) is 2.64. The lowest BCUT2D eigenvalue weighted by Crippen LogP contribution is -2.35. The quantitative estimate of drug-likeness (QED) is 0.876. The molecule has 17 heavy (non-hydrogen) atoms. The molecule has 2 unspecified atom stereocenters. The lowest BCUT2D eigenvalue weighted by molar-refractivity contribution is 0.122. The predicted octanol–water partition coefficient (Wildman–Crippen LogP) is 4.45. The highest BCUT2D eigenvalue weighted by Crippen LogP contribution is 2.43. The Morgan fingerprint density at radius 3 is 2.82 bits per heavy atom. The highest BCUT2D eigenvalue weighted by molar-refractivity contribution is 9.10. The minimum absolute atomic E-state index is 0.500. The van der Waals surface area contributed by atoms with Gasteiger partial charge < -0.3 is 5.73 Å². The third-order valence-electron chi connectivity index (χ3n) is 4.11. The minimum atomic E-state index is 0.500. The molecule has 0 spiro atoms. The normalized spacial score (nSPS) is 28.2. The molecule has 96 valence electrons. The van der Waals surface area contributed by atoms with E-state index in [0.29, 0.717) is 5.41 Å². The van der Waals surface area contributed by atoms with Gasteiger partial charge in [-0.05, 0) is 76.9 Å². The van der Waals surface area contributed by atoms with Gasteiger partial charge in [0.15, 0.2) is 0 Å². The highest BCUT2D eigenvalue weighted by Gasteiger charge is 2.34. The summed E-state index contributed by atoms with van der Waals surface area (Å²) in [6, 6.07) is 2.16. The highest BCUT2D eigenvalue weighted by atomic mass is 79.9. The van der Waals surface area contributed by atoms with Crippen molar-refractivity contribution in [2.45, 2.75) is 39.5 Å². The Balaban J connectivity index is 2.08. The number of hydrogen-bond acceptors (Lipinski definition) is 2. The molecular weight excluding hydrogens is 294 g/mol. The molecular formula is C14H22BrNS. The average molecular weight is 316 g/mol. The molecule has 1 aromatic heterocycles. The largest absolute Gasteiger partial charge is 0.330 e. The first-order valence-electron chi connectivity index (χ1n) is 6.44. The van der Waals surface area contributed by atoms with E-state index in [4.69, 9.17) is 5.73 Å². The Bertz CT molecular complexity index is 372. The summed E-state index contributed by atoms with van der Waals surface area (Å²) < 4.78 is 1.28. The fraction of sp³-hybridized carbons (Fsp3) is 0.714. The molecule has 1 aliphatic carbocycles. The summed E-state index contributed by atoms with van der Waals surface area (Å²) in [7, 11) is 0. The summed E-state index contributed by atoms with van der Waals surface area (Å²) >= 11 is 5.51. The van der Waals surface area contributed by atoms with Crippen LogP contribution < -0.4 is 5.73 Å². The molecule has 1 aliphatic rings. The van der Waals surface area contributed by atoms with Crippen LogP contribution in [0, 0.1) is 17.3 Å². The van der Waals surface area contributed by atoms with E-state index in [2.05, 4.69) is 41.2 Å². The molecule has 2 N–H and O–H groups in total. The molecule has 1 nitrogen and oxygen atoms in total. The van der Waals surface area contributed by atoms with Crippen LogP contribution in [0.1, 0.15) is 38.0 Å². The molecule has 0 radical (unpaired) electrons. The maximum atomic E-state index is 5.94. The molecule has 2 atom stereocenters. The Labute approximate surface area is 117 Å². The van der Waals surface area contributed by atoms with E-state index in [0.717, 1.165) is 18.4 Å². The van der Waals surface area contributed by atoms with Crippen molar-refractivity contribution in [2.75, 3.05) is 6.54 Å². The van der Waals surface area contributed by atoms with Gasteiger partial charge in [-0.2, -0.15) is 0 Å². The second-order valence-corrected chi connectivity index (χ2v) is 7.91. The summed E-state index contributed by atoms with van der Waals surface area (Å²) in [4.78, 5) is 1.49. The Kier molecular flexibility index (Phi) is 4.32. The van der Waals surface area contributed by atoms with Crippen molar-refractivity contribution < 1.29 is 0 Å². The molecule has 2 rings (SSSR count). The molecule has 1 fully saturated rings. The molecule has 0 aliphatic heterocycles.